The van der Waals surface area contributed by atoms with Crippen molar-refractivity contribution in [1.29, 1.82) is 0 Å². The number of sulfonamides is 1. The summed E-state index contributed by atoms with van der Waals surface area (Å²) in [6, 6.07) is 16.2. The molecule has 1 heterocycles. The molecule has 3 rings (SSSR count). The van der Waals surface area contributed by atoms with E-state index in [9.17, 15) is 8.42 Å². The Balaban J connectivity index is 0.00000261. The largest absolute Gasteiger partial charge is 0.340 e. The minimum Gasteiger partial charge on any atom is -0.340 e. The summed E-state index contributed by atoms with van der Waals surface area (Å²) in [4.78, 5) is 8.55. The van der Waals surface area contributed by atoms with E-state index in [1.54, 1.807) is 24.3 Å². The number of aryl methyl sites for hydroxylation is 1. The summed E-state index contributed by atoms with van der Waals surface area (Å²) in [5, 5.41) is 6.30. The van der Waals surface area contributed by atoms with E-state index in [0.29, 0.717) is 17.3 Å². The molecule has 0 atom stereocenters. The highest BCUT2D eigenvalue weighted by atomic mass is 35.5. The first kappa shape index (κ1) is 20.6. The summed E-state index contributed by atoms with van der Waals surface area (Å²) in [5.41, 5.74) is 2.71. The molecule has 0 bridgehead atoms. The van der Waals surface area contributed by atoms with Crippen LogP contribution in [-0.2, 0) is 10.0 Å². The molecule has 0 saturated carbocycles. The third-order valence-electron chi connectivity index (χ3n) is 3.68. The van der Waals surface area contributed by atoms with Gasteiger partial charge < -0.3 is 10.6 Å². The molecule has 0 radical (unpaired) electrons. The summed E-state index contributed by atoms with van der Waals surface area (Å²) >= 11 is 0. The fraction of sp³-hybridized carbons (Fsp3) is 0.111. The maximum absolute atomic E-state index is 11.9. The number of nitrogens with one attached hydrogen (secondary N) is 3. The molecule has 1 aromatic heterocycles. The minimum absolute atomic E-state index is 0. The standard InChI is InChI=1S/C18H19N5O2S.ClH/c1-13-6-8-14(9-7-13)22-17-11-18(21-12-20-17)23-15-4-3-5-16(10-15)26(24,25)19-2;/h3-12,19H,1-2H3,(H2,20,21,22,23);1H. The predicted octanol–water partition coefficient (Wildman–Crippen LogP) is 3.60. The molecule has 142 valence electrons. The molecule has 2 aromatic carbocycles. The molecule has 3 N–H and O–H groups in total. The van der Waals surface area contributed by atoms with Gasteiger partial charge in [-0.15, -0.1) is 12.4 Å². The SMILES string of the molecule is CNS(=O)(=O)c1cccc(Nc2cc(Nc3ccc(C)cc3)ncn2)c1.Cl. The van der Waals surface area contributed by atoms with Crippen LogP contribution in [-0.4, -0.2) is 25.4 Å². The van der Waals surface area contributed by atoms with Crippen molar-refractivity contribution in [3.8, 4) is 0 Å². The molecule has 27 heavy (non-hydrogen) atoms. The summed E-state index contributed by atoms with van der Waals surface area (Å²) in [6.07, 6.45) is 1.44. The predicted molar refractivity (Wildman–Crippen MR) is 110 cm³/mol. The Kier molecular flexibility index (Phi) is 6.73. The molecule has 0 fully saturated rings. The van der Waals surface area contributed by atoms with E-state index in [-0.39, 0.29) is 17.3 Å². The minimum atomic E-state index is -3.50. The smallest absolute Gasteiger partial charge is 0.240 e. The number of benzene rings is 2. The van der Waals surface area contributed by atoms with Crippen LogP contribution >= 0.6 is 12.4 Å². The topological polar surface area (TPSA) is 96.0 Å². The summed E-state index contributed by atoms with van der Waals surface area (Å²) in [6.45, 7) is 2.03. The van der Waals surface area contributed by atoms with Crippen LogP contribution < -0.4 is 15.4 Å². The van der Waals surface area contributed by atoms with Crippen molar-refractivity contribution in [3.05, 3.63) is 66.5 Å². The molecular formula is C18H20ClN5O2S. The summed E-state index contributed by atoms with van der Waals surface area (Å²) < 4.78 is 26.1. The second kappa shape index (κ2) is 8.81. The van der Waals surface area contributed by atoms with Gasteiger partial charge in [0.1, 0.15) is 18.0 Å². The zero-order valence-corrected chi connectivity index (χ0v) is 16.4. The maximum Gasteiger partial charge on any atom is 0.240 e. The van der Waals surface area contributed by atoms with Gasteiger partial charge in [-0.2, -0.15) is 0 Å². The highest BCUT2D eigenvalue weighted by Crippen LogP contribution is 2.21. The van der Waals surface area contributed by atoms with Crippen molar-refractivity contribution in [2.24, 2.45) is 0 Å². The fourth-order valence-corrected chi connectivity index (χ4v) is 3.06. The molecule has 0 aliphatic heterocycles. The van der Waals surface area contributed by atoms with Gasteiger partial charge in [-0.3, -0.25) is 0 Å². The van der Waals surface area contributed by atoms with Gasteiger partial charge in [0, 0.05) is 17.4 Å². The van der Waals surface area contributed by atoms with Gasteiger partial charge in [-0.25, -0.2) is 23.1 Å². The molecule has 0 amide bonds. The van der Waals surface area contributed by atoms with Crippen LogP contribution in [0.25, 0.3) is 0 Å². The number of aromatic nitrogens is 2. The molecule has 3 aromatic rings. The van der Waals surface area contributed by atoms with Crippen LogP contribution in [0.3, 0.4) is 0 Å². The van der Waals surface area contributed by atoms with Gasteiger partial charge in [0.15, 0.2) is 0 Å². The van der Waals surface area contributed by atoms with Crippen molar-refractivity contribution in [1.82, 2.24) is 14.7 Å². The molecule has 0 spiro atoms. The molecule has 0 aliphatic carbocycles. The average Bonchev–Trinajstić information content (AvgIpc) is 2.64. The average molecular weight is 406 g/mol. The van der Waals surface area contributed by atoms with Crippen LogP contribution in [0, 0.1) is 6.92 Å². The second-order valence-corrected chi connectivity index (χ2v) is 7.53. The Morgan fingerprint density at radius 2 is 1.48 bits per heavy atom. The van der Waals surface area contributed by atoms with E-state index in [2.05, 4.69) is 25.3 Å². The Morgan fingerprint density at radius 3 is 2.11 bits per heavy atom. The normalized spacial score (nSPS) is 10.7. The zero-order valence-electron chi connectivity index (χ0n) is 14.8. The van der Waals surface area contributed by atoms with Gasteiger partial charge >= 0.3 is 0 Å². The Morgan fingerprint density at radius 1 is 0.852 bits per heavy atom. The molecule has 9 heteroatoms. The monoisotopic (exact) mass is 405 g/mol. The molecule has 7 nitrogen and oxygen atoms in total. The van der Waals surface area contributed by atoms with E-state index < -0.39 is 10.0 Å². The van der Waals surface area contributed by atoms with Crippen LogP contribution in [0.4, 0.5) is 23.0 Å². The Bertz CT molecular complexity index is 1010. The van der Waals surface area contributed by atoms with Gasteiger partial charge in [-0.05, 0) is 44.3 Å². The van der Waals surface area contributed by atoms with Gasteiger partial charge in [0.05, 0.1) is 4.90 Å². The molecule has 0 saturated heterocycles. The summed E-state index contributed by atoms with van der Waals surface area (Å²) in [5.74, 6) is 1.18. The van der Waals surface area contributed by atoms with Crippen molar-refractivity contribution in [2.45, 2.75) is 11.8 Å². The van der Waals surface area contributed by atoms with Crippen LogP contribution in [0.2, 0.25) is 0 Å². The quantitative estimate of drug-likeness (QED) is 0.579. The number of halogens is 1. The molecule has 0 aliphatic rings. The van der Waals surface area contributed by atoms with Gasteiger partial charge in [-0.1, -0.05) is 23.8 Å². The number of anilines is 4. The third kappa shape index (κ3) is 5.40. The van der Waals surface area contributed by atoms with Gasteiger partial charge in [0.25, 0.3) is 0 Å². The number of rotatable bonds is 6. The van der Waals surface area contributed by atoms with E-state index in [1.165, 1.54) is 25.0 Å². The first-order valence-electron chi connectivity index (χ1n) is 7.93. The number of hydrogen-bond acceptors (Lipinski definition) is 6. The van der Waals surface area contributed by atoms with Crippen molar-refractivity contribution >= 4 is 45.4 Å². The maximum atomic E-state index is 11.9. The van der Waals surface area contributed by atoms with Crippen LogP contribution in [0.15, 0.2) is 65.8 Å². The van der Waals surface area contributed by atoms with E-state index in [4.69, 9.17) is 0 Å². The van der Waals surface area contributed by atoms with Gasteiger partial charge in [0.2, 0.25) is 10.0 Å². The lowest BCUT2D eigenvalue weighted by atomic mass is 10.2. The second-order valence-electron chi connectivity index (χ2n) is 5.64. The molecule has 0 unspecified atom stereocenters. The first-order chi connectivity index (χ1) is 12.5. The lowest BCUT2D eigenvalue weighted by molar-refractivity contribution is 0.588. The third-order valence-corrected chi connectivity index (χ3v) is 5.09. The zero-order chi connectivity index (χ0) is 18.6. The molecular weight excluding hydrogens is 386 g/mol. The number of hydrogen-bond donors (Lipinski definition) is 3. The first-order valence-corrected chi connectivity index (χ1v) is 9.41. The summed E-state index contributed by atoms with van der Waals surface area (Å²) in [7, 11) is -2.12. The van der Waals surface area contributed by atoms with Crippen molar-refractivity contribution in [3.63, 3.8) is 0 Å². The van der Waals surface area contributed by atoms with E-state index >= 15 is 0 Å². The van der Waals surface area contributed by atoms with Crippen LogP contribution in [0.1, 0.15) is 5.56 Å². The Hall–Kier alpha value is -2.68. The Labute approximate surface area is 164 Å². The van der Waals surface area contributed by atoms with E-state index in [0.717, 1.165) is 5.69 Å². The van der Waals surface area contributed by atoms with E-state index in [1.807, 2.05) is 31.2 Å². The lowest BCUT2D eigenvalue weighted by Crippen LogP contribution is -2.18. The van der Waals surface area contributed by atoms with Crippen molar-refractivity contribution < 1.29 is 8.42 Å². The highest BCUT2D eigenvalue weighted by Gasteiger charge is 2.11. The van der Waals surface area contributed by atoms with Crippen molar-refractivity contribution in [2.75, 3.05) is 17.7 Å². The fourth-order valence-electron chi connectivity index (χ4n) is 2.29. The number of nitrogens with zero attached hydrogens (tertiary/aromatic N) is 2. The highest BCUT2D eigenvalue weighted by molar-refractivity contribution is 7.89. The van der Waals surface area contributed by atoms with Crippen LogP contribution in [0.5, 0.6) is 0 Å². The lowest BCUT2D eigenvalue weighted by Gasteiger charge is -2.10.